The number of hydrogen-bond donors (Lipinski definition) is 0. The fraction of sp³-hybridized carbons (Fsp3) is 0.440. The van der Waals surface area contributed by atoms with Crippen molar-refractivity contribution < 1.29 is 17.6 Å². The van der Waals surface area contributed by atoms with Gasteiger partial charge in [-0.3, -0.25) is 0 Å². The van der Waals surface area contributed by atoms with Crippen LogP contribution in [0, 0.1) is 41.0 Å². The monoisotopic (exact) mass is 402 g/mol. The Kier molecular flexibility index (Phi) is 5.80. The molecule has 0 bridgehead atoms. The van der Waals surface area contributed by atoms with E-state index in [1.54, 1.807) is 6.07 Å². The molecule has 0 heterocycles. The molecule has 2 aliphatic rings. The van der Waals surface area contributed by atoms with Gasteiger partial charge in [0.1, 0.15) is 5.82 Å². The van der Waals surface area contributed by atoms with E-state index >= 15 is 0 Å². The Morgan fingerprint density at radius 3 is 2.10 bits per heavy atom. The van der Waals surface area contributed by atoms with Gasteiger partial charge in [-0.2, -0.15) is 0 Å². The first-order chi connectivity index (χ1) is 14.0. The van der Waals surface area contributed by atoms with Crippen LogP contribution in [-0.2, 0) is 12.8 Å². The van der Waals surface area contributed by atoms with Crippen LogP contribution in [0.3, 0.4) is 0 Å². The summed E-state index contributed by atoms with van der Waals surface area (Å²) in [5.74, 6) is -2.68. The third-order valence-electron chi connectivity index (χ3n) is 6.80. The van der Waals surface area contributed by atoms with Gasteiger partial charge >= 0.3 is 0 Å². The van der Waals surface area contributed by atoms with E-state index in [-0.39, 0.29) is 11.1 Å². The van der Waals surface area contributed by atoms with E-state index in [0.29, 0.717) is 17.8 Å². The molecule has 1 saturated carbocycles. The molecule has 2 aromatic rings. The summed E-state index contributed by atoms with van der Waals surface area (Å²) in [6.07, 6.45) is 12.1. The molecule has 0 amide bonds. The standard InChI is InChI=1S/C25H26F4/c1-2-3-15-4-6-16(7-5-15)17-8-9-18-11-21(22(26)12-19(18)10-17)20-13-23(27)25(29)24(28)14-20/h2-3,11-17H,4-10H2,1H3/b3-2+. The van der Waals surface area contributed by atoms with Gasteiger partial charge in [-0.1, -0.05) is 12.2 Å². The lowest BCUT2D eigenvalue weighted by molar-refractivity contribution is 0.206. The first-order valence-corrected chi connectivity index (χ1v) is 10.5. The average molecular weight is 402 g/mol. The number of aryl methyl sites for hydroxylation is 1. The molecule has 0 radical (unpaired) electrons. The van der Waals surface area contributed by atoms with Crippen LogP contribution in [0.5, 0.6) is 0 Å². The first kappa shape index (κ1) is 20.2. The Morgan fingerprint density at radius 1 is 0.759 bits per heavy atom. The molecule has 1 fully saturated rings. The molecule has 0 aromatic heterocycles. The summed E-state index contributed by atoms with van der Waals surface area (Å²) >= 11 is 0. The van der Waals surface area contributed by atoms with Crippen LogP contribution >= 0.6 is 0 Å². The molecule has 2 aromatic carbocycles. The van der Waals surface area contributed by atoms with Gasteiger partial charge < -0.3 is 0 Å². The van der Waals surface area contributed by atoms with E-state index in [4.69, 9.17) is 0 Å². The SMILES string of the molecule is C/C=C/C1CCC(C2CCc3cc(-c4cc(F)c(F)c(F)c4)c(F)cc3C2)CC1. The lowest BCUT2D eigenvalue weighted by Crippen LogP contribution is -2.26. The first-order valence-electron chi connectivity index (χ1n) is 10.5. The number of allylic oxidation sites excluding steroid dienone is 2. The minimum Gasteiger partial charge on any atom is -0.206 e. The second-order valence-corrected chi connectivity index (χ2v) is 8.56. The van der Waals surface area contributed by atoms with Gasteiger partial charge in [0.05, 0.1) is 0 Å². The van der Waals surface area contributed by atoms with Crippen LogP contribution < -0.4 is 0 Å². The molecule has 0 saturated heterocycles. The summed E-state index contributed by atoms with van der Waals surface area (Å²) in [5, 5.41) is 0. The van der Waals surface area contributed by atoms with Crippen molar-refractivity contribution in [1.82, 2.24) is 0 Å². The predicted octanol–water partition coefficient (Wildman–Crippen LogP) is 7.40. The largest absolute Gasteiger partial charge is 0.206 e. The zero-order chi connectivity index (χ0) is 20.5. The zero-order valence-electron chi connectivity index (χ0n) is 16.7. The van der Waals surface area contributed by atoms with Crippen LogP contribution in [0.1, 0.15) is 50.2 Å². The van der Waals surface area contributed by atoms with Gasteiger partial charge in [0.15, 0.2) is 17.5 Å². The Labute approximate surface area is 169 Å². The molecule has 0 aliphatic heterocycles. The van der Waals surface area contributed by atoms with Crippen molar-refractivity contribution in [2.75, 3.05) is 0 Å². The Bertz CT molecular complexity index is 900. The Balaban J connectivity index is 1.53. The fourth-order valence-corrected chi connectivity index (χ4v) is 5.22. The number of benzene rings is 2. The Morgan fingerprint density at radius 2 is 1.45 bits per heavy atom. The molecular weight excluding hydrogens is 376 g/mol. The van der Waals surface area contributed by atoms with E-state index in [9.17, 15) is 17.6 Å². The summed E-state index contributed by atoms with van der Waals surface area (Å²) in [6, 6.07) is 4.92. The summed E-state index contributed by atoms with van der Waals surface area (Å²) < 4.78 is 55.2. The highest BCUT2D eigenvalue weighted by Crippen LogP contribution is 2.41. The third-order valence-corrected chi connectivity index (χ3v) is 6.80. The highest BCUT2D eigenvalue weighted by atomic mass is 19.2. The van der Waals surface area contributed by atoms with Gasteiger partial charge in [-0.05, 0) is 111 Å². The number of halogens is 4. The van der Waals surface area contributed by atoms with Crippen molar-refractivity contribution in [3.05, 3.63) is 70.8 Å². The lowest BCUT2D eigenvalue weighted by atomic mass is 9.69. The van der Waals surface area contributed by atoms with Gasteiger partial charge in [-0.25, -0.2) is 17.6 Å². The maximum absolute atomic E-state index is 14.8. The molecular formula is C25H26F4. The number of rotatable bonds is 3. The van der Waals surface area contributed by atoms with E-state index in [0.717, 1.165) is 42.5 Å². The molecule has 2 aliphatic carbocycles. The predicted molar refractivity (Wildman–Crippen MR) is 107 cm³/mol. The molecule has 0 nitrogen and oxygen atoms in total. The highest BCUT2D eigenvalue weighted by Gasteiger charge is 2.30. The summed E-state index contributed by atoms with van der Waals surface area (Å²) in [4.78, 5) is 0. The van der Waals surface area contributed by atoms with Crippen molar-refractivity contribution in [2.24, 2.45) is 17.8 Å². The van der Waals surface area contributed by atoms with Crippen molar-refractivity contribution in [3.8, 4) is 11.1 Å². The van der Waals surface area contributed by atoms with E-state index in [1.165, 1.54) is 31.7 Å². The highest BCUT2D eigenvalue weighted by molar-refractivity contribution is 5.66. The quantitative estimate of drug-likeness (QED) is 0.285. The van der Waals surface area contributed by atoms with Crippen LogP contribution in [-0.4, -0.2) is 0 Å². The van der Waals surface area contributed by atoms with Gasteiger partial charge in [0, 0.05) is 5.56 Å². The normalized spacial score (nSPS) is 24.7. The second kappa shape index (κ2) is 8.33. The zero-order valence-corrected chi connectivity index (χ0v) is 16.7. The molecule has 29 heavy (non-hydrogen) atoms. The minimum absolute atomic E-state index is 0.0334. The van der Waals surface area contributed by atoms with Crippen LogP contribution in [0.4, 0.5) is 17.6 Å². The minimum atomic E-state index is -1.53. The average Bonchev–Trinajstić information content (AvgIpc) is 2.71. The summed E-state index contributed by atoms with van der Waals surface area (Å²) in [7, 11) is 0. The third kappa shape index (κ3) is 4.12. The van der Waals surface area contributed by atoms with Gasteiger partial charge in [-0.15, -0.1) is 0 Å². The fourth-order valence-electron chi connectivity index (χ4n) is 5.22. The molecule has 4 heteroatoms. The lowest BCUT2D eigenvalue weighted by Gasteiger charge is -2.36. The molecule has 4 rings (SSSR count). The summed E-state index contributed by atoms with van der Waals surface area (Å²) in [5.41, 5.74) is 2.20. The molecule has 1 atom stereocenters. The van der Waals surface area contributed by atoms with Gasteiger partial charge in [0.2, 0.25) is 0 Å². The van der Waals surface area contributed by atoms with Crippen LogP contribution in [0.2, 0.25) is 0 Å². The van der Waals surface area contributed by atoms with Crippen molar-refractivity contribution >= 4 is 0 Å². The smallest absolute Gasteiger partial charge is 0.194 e. The van der Waals surface area contributed by atoms with Crippen LogP contribution in [0.15, 0.2) is 36.4 Å². The topological polar surface area (TPSA) is 0 Å². The number of hydrogen-bond acceptors (Lipinski definition) is 0. The van der Waals surface area contributed by atoms with Crippen molar-refractivity contribution in [2.45, 2.75) is 51.9 Å². The second-order valence-electron chi connectivity index (χ2n) is 8.56. The van der Waals surface area contributed by atoms with Crippen LogP contribution in [0.25, 0.3) is 11.1 Å². The van der Waals surface area contributed by atoms with E-state index in [2.05, 4.69) is 19.1 Å². The van der Waals surface area contributed by atoms with Crippen molar-refractivity contribution in [1.29, 1.82) is 0 Å². The maximum atomic E-state index is 14.8. The molecule has 154 valence electrons. The van der Waals surface area contributed by atoms with Crippen molar-refractivity contribution in [3.63, 3.8) is 0 Å². The van der Waals surface area contributed by atoms with E-state index in [1.807, 2.05) is 0 Å². The molecule has 0 N–H and O–H groups in total. The maximum Gasteiger partial charge on any atom is 0.194 e. The summed E-state index contributed by atoms with van der Waals surface area (Å²) in [6.45, 7) is 2.07. The molecule has 1 unspecified atom stereocenters. The van der Waals surface area contributed by atoms with E-state index < -0.39 is 23.3 Å². The molecule has 0 spiro atoms. The Hall–Kier alpha value is -2.10. The van der Waals surface area contributed by atoms with Gasteiger partial charge in [0.25, 0.3) is 0 Å². The number of fused-ring (bicyclic) bond motifs is 1.